The molecule has 60 valence electrons. The molecule has 0 heterocycles. The summed E-state index contributed by atoms with van der Waals surface area (Å²) in [6.45, 7) is 0. The smallest absolute Gasteiger partial charge is 0.129 e. The molecule has 1 rings (SSSR count). The van der Waals surface area contributed by atoms with Crippen molar-refractivity contribution in [3.63, 3.8) is 0 Å². The lowest BCUT2D eigenvalue weighted by Crippen LogP contribution is -1.85. The van der Waals surface area contributed by atoms with E-state index in [9.17, 15) is 4.39 Å². The zero-order valence-electron chi connectivity index (χ0n) is 5.37. The highest BCUT2D eigenvalue weighted by Gasteiger charge is 2.05. The number of rotatable bonds is 1. The molecule has 0 aliphatic rings. The van der Waals surface area contributed by atoms with E-state index in [1.54, 1.807) is 0 Å². The Bertz CT molecular complexity index is 273. The van der Waals surface area contributed by atoms with E-state index < -0.39 is 5.82 Å². The molecular formula is C7H4Cl3F. The molecule has 0 aliphatic heterocycles. The minimum atomic E-state index is -0.422. The maximum Gasteiger partial charge on any atom is 0.129 e. The van der Waals surface area contributed by atoms with Gasteiger partial charge in [0.05, 0.1) is 15.9 Å². The van der Waals surface area contributed by atoms with Crippen molar-refractivity contribution in [3.8, 4) is 0 Å². The lowest BCUT2D eigenvalue weighted by atomic mass is 10.2. The standard InChI is InChI=1S/C7H4Cl3F/c8-3-4-1-5(9)6(10)2-7(4)11/h1-2H,3H2. The second kappa shape index (κ2) is 3.61. The topological polar surface area (TPSA) is 0 Å². The van der Waals surface area contributed by atoms with E-state index in [2.05, 4.69) is 0 Å². The fourth-order valence-corrected chi connectivity index (χ4v) is 1.21. The van der Waals surface area contributed by atoms with E-state index in [1.165, 1.54) is 6.07 Å². The van der Waals surface area contributed by atoms with E-state index in [1.807, 2.05) is 0 Å². The Hall–Kier alpha value is 0.0200. The highest BCUT2D eigenvalue weighted by Crippen LogP contribution is 2.25. The van der Waals surface area contributed by atoms with Crippen molar-refractivity contribution in [3.05, 3.63) is 33.6 Å². The molecule has 0 saturated heterocycles. The first kappa shape index (κ1) is 9.11. The number of alkyl halides is 1. The average Bonchev–Trinajstić information content (AvgIpc) is 1.97. The molecule has 0 fully saturated rings. The van der Waals surface area contributed by atoms with Gasteiger partial charge in [-0.25, -0.2) is 4.39 Å². The van der Waals surface area contributed by atoms with Crippen LogP contribution >= 0.6 is 34.8 Å². The van der Waals surface area contributed by atoms with Crippen molar-refractivity contribution in [2.75, 3.05) is 0 Å². The molecule has 0 atom stereocenters. The Morgan fingerprint density at radius 3 is 2.27 bits per heavy atom. The molecule has 0 aromatic heterocycles. The molecule has 0 bridgehead atoms. The molecule has 0 N–H and O–H groups in total. The van der Waals surface area contributed by atoms with Gasteiger partial charge in [0.1, 0.15) is 5.82 Å². The Kier molecular flexibility index (Phi) is 2.99. The first-order valence-electron chi connectivity index (χ1n) is 2.84. The van der Waals surface area contributed by atoms with Gasteiger partial charge < -0.3 is 0 Å². The summed E-state index contributed by atoms with van der Waals surface area (Å²) in [5.41, 5.74) is 0.362. The van der Waals surface area contributed by atoms with Crippen LogP contribution in [0.3, 0.4) is 0 Å². The third kappa shape index (κ3) is 1.98. The van der Waals surface area contributed by atoms with E-state index >= 15 is 0 Å². The normalized spacial score (nSPS) is 10.2. The molecule has 0 saturated carbocycles. The van der Waals surface area contributed by atoms with Gasteiger partial charge in [-0.15, -0.1) is 11.6 Å². The maximum atomic E-state index is 12.8. The van der Waals surface area contributed by atoms with Crippen molar-refractivity contribution >= 4 is 34.8 Å². The van der Waals surface area contributed by atoms with Crippen LogP contribution in [0.15, 0.2) is 12.1 Å². The average molecular weight is 213 g/mol. The zero-order chi connectivity index (χ0) is 8.43. The van der Waals surface area contributed by atoms with Crippen LogP contribution < -0.4 is 0 Å². The molecule has 1 aromatic carbocycles. The van der Waals surface area contributed by atoms with Gasteiger partial charge in [0.15, 0.2) is 0 Å². The Labute approximate surface area is 78.9 Å². The van der Waals surface area contributed by atoms with Gasteiger partial charge in [-0.2, -0.15) is 0 Å². The summed E-state index contributed by atoms with van der Waals surface area (Å²) in [7, 11) is 0. The summed E-state index contributed by atoms with van der Waals surface area (Å²) in [6.07, 6.45) is 0. The zero-order valence-corrected chi connectivity index (χ0v) is 7.64. The molecule has 1 aromatic rings. The summed E-state index contributed by atoms with van der Waals surface area (Å²) in [4.78, 5) is 0. The lowest BCUT2D eigenvalue weighted by Gasteiger charge is -2.00. The Morgan fingerprint density at radius 1 is 1.18 bits per heavy atom. The van der Waals surface area contributed by atoms with Crippen molar-refractivity contribution < 1.29 is 4.39 Å². The summed E-state index contributed by atoms with van der Waals surface area (Å²) >= 11 is 16.5. The molecule has 0 aliphatic carbocycles. The molecule has 0 spiro atoms. The summed E-state index contributed by atoms with van der Waals surface area (Å²) < 4.78 is 12.8. The van der Waals surface area contributed by atoms with Crippen LogP contribution in [0.5, 0.6) is 0 Å². The quantitative estimate of drug-likeness (QED) is 0.491. The van der Waals surface area contributed by atoms with Crippen LogP contribution in [0, 0.1) is 5.82 Å². The van der Waals surface area contributed by atoms with Crippen molar-refractivity contribution in [2.45, 2.75) is 5.88 Å². The van der Waals surface area contributed by atoms with E-state index in [0.29, 0.717) is 10.6 Å². The van der Waals surface area contributed by atoms with Gasteiger partial charge >= 0.3 is 0 Å². The van der Waals surface area contributed by atoms with Gasteiger partial charge in [-0.3, -0.25) is 0 Å². The largest absolute Gasteiger partial charge is 0.207 e. The third-order valence-corrected chi connectivity index (χ3v) is 2.24. The second-order valence-electron chi connectivity index (χ2n) is 1.99. The van der Waals surface area contributed by atoms with Gasteiger partial charge in [0.25, 0.3) is 0 Å². The van der Waals surface area contributed by atoms with Crippen LogP contribution in [-0.4, -0.2) is 0 Å². The van der Waals surface area contributed by atoms with Gasteiger partial charge in [-0.1, -0.05) is 23.2 Å². The first-order chi connectivity index (χ1) is 5.15. The second-order valence-corrected chi connectivity index (χ2v) is 3.07. The molecule has 0 nitrogen and oxygen atoms in total. The summed E-state index contributed by atoms with van der Waals surface area (Å²) in [5.74, 6) is -0.322. The van der Waals surface area contributed by atoms with Crippen molar-refractivity contribution in [2.24, 2.45) is 0 Å². The molecule has 0 amide bonds. The maximum absolute atomic E-state index is 12.8. The lowest BCUT2D eigenvalue weighted by molar-refractivity contribution is 0.617. The Morgan fingerprint density at radius 2 is 1.73 bits per heavy atom. The molecular weight excluding hydrogens is 209 g/mol. The SMILES string of the molecule is Fc1cc(Cl)c(Cl)cc1CCl. The van der Waals surface area contributed by atoms with Crippen LogP contribution in [0.1, 0.15) is 5.56 Å². The van der Waals surface area contributed by atoms with E-state index in [0.717, 1.165) is 6.07 Å². The first-order valence-corrected chi connectivity index (χ1v) is 4.13. The van der Waals surface area contributed by atoms with Crippen molar-refractivity contribution in [1.29, 1.82) is 0 Å². The van der Waals surface area contributed by atoms with Crippen LogP contribution in [-0.2, 0) is 5.88 Å². The highest BCUT2D eigenvalue weighted by molar-refractivity contribution is 6.42. The predicted octanol–water partition coefficient (Wildman–Crippen LogP) is 3.87. The fourth-order valence-electron chi connectivity index (χ4n) is 0.666. The summed E-state index contributed by atoms with van der Waals surface area (Å²) in [5, 5.41) is 0.529. The fraction of sp³-hybridized carbons (Fsp3) is 0.143. The van der Waals surface area contributed by atoms with E-state index in [4.69, 9.17) is 34.8 Å². The Balaban J connectivity index is 3.21. The molecule has 4 heteroatoms. The number of hydrogen-bond acceptors (Lipinski definition) is 0. The molecule has 0 unspecified atom stereocenters. The van der Waals surface area contributed by atoms with Gasteiger partial charge in [0.2, 0.25) is 0 Å². The third-order valence-electron chi connectivity index (χ3n) is 1.23. The number of benzene rings is 1. The minimum Gasteiger partial charge on any atom is -0.207 e. The van der Waals surface area contributed by atoms with Crippen LogP contribution in [0.4, 0.5) is 4.39 Å². The van der Waals surface area contributed by atoms with Crippen molar-refractivity contribution in [1.82, 2.24) is 0 Å². The van der Waals surface area contributed by atoms with Gasteiger partial charge in [0, 0.05) is 5.56 Å². The summed E-state index contributed by atoms with van der Waals surface area (Å²) in [6, 6.07) is 2.58. The van der Waals surface area contributed by atoms with Crippen LogP contribution in [0.2, 0.25) is 10.0 Å². The highest BCUT2D eigenvalue weighted by atomic mass is 35.5. The number of hydrogen-bond donors (Lipinski definition) is 0. The minimum absolute atomic E-state index is 0.0999. The predicted molar refractivity (Wildman–Crippen MR) is 46.0 cm³/mol. The van der Waals surface area contributed by atoms with E-state index in [-0.39, 0.29) is 10.9 Å². The van der Waals surface area contributed by atoms with Gasteiger partial charge in [-0.05, 0) is 12.1 Å². The molecule has 11 heavy (non-hydrogen) atoms. The number of halogens is 4. The monoisotopic (exact) mass is 212 g/mol. The molecule has 0 radical (unpaired) electrons. The van der Waals surface area contributed by atoms with Crippen LogP contribution in [0.25, 0.3) is 0 Å².